The van der Waals surface area contributed by atoms with Crippen molar-refractivity contribution in [1.29, 1.82) is 0 Å². The molecule has 130 valence electrons. The van der Waals surface area contributed by atoms with Gasteiger partial charge in [-0.05, 0) is 29.8 Å². The maximum Gasteiger partial charge on any atom is 0.231 e. The Morgan fingerprint density at radius 3 is 2.50 bits per heavy atom. The zero-order valence-corrected chi connectivity index (χ0v) is 13.8. The van der Waals surface area contributed by atoms with E-state index in [0.29, 0.717) is 23.8 Å². The van der Waals surface area contributed by atoms with Crippen molar-refractivity contribution >= 4 is 23.2 Å². The lowest BCUT2D eigenvalue weighted by atomic mass is 10.1. The summed E-state index contributed by atoms with van der Waals surface area (Å²) in [6.07, 6.45) is 0.291. The molecule has 2 heterocycles. The van der Waals surface area contributed by atoms with Crippen molar-refractivity contribution in [2.75, 3.05) is 17.4 Å². The topological polar surface area (TPSA) is 85.4 Å². The molecule has 26 heavy (non-hydrogen) atoms. The predicted octanol–water partition coefficient (Wildman–Crippen LogP) is 3.13. The number of carbonyl (C=O) groups excluding carboxylic acids is 1. The molecular weight excluding hydrogens is 332 g/mol. The highest BCUT2D eigenvalue weighted by molar-refractivity contribution is 5.91. The van der Waals surface area contributed by atoms with Crippen molar-refractivity contribution < 1.29 is 14.3 Å². The van der Waals surface area contributed by atoms with Crippen LogP contribution in [0.4, 0.5) is 17.3 Å². The Morgan fingerprint density at radius 2 is 1.69 bits per heavy atom. The van der Waals surface area contributed by atoms with E-state index < -0.39 is 0 Å². The fourth-order valence-corrected chi connectivity index (χ4v) is 2.56. The van der Waals surface area contributed by atoms with Gasteiger partial charge in [0, 0.05) is 11.8 Å². The highest BCUT2D eigenvalue weighted by Crippen LogP contribution is 2.34. The van der Waals surface area contributed by atoms with Crippen LogP contribution < -0.4 is 20.1 Å². The fraction of sp³-hybridized carbons (Fsp3) is 0.105. The molecule has 1 amide bonds. The van der Waals surface area contributed by atoms with Gasteiger partial charge in [-0.3, -0.25) is 4.79 Å². The minimum absolute atomic E-state index is 0.137. The SMILES string of the molecule is O=C(Cc1ccccc1)Nc1ccc(Nc2ccc3c(c2)OCO3)nn1. The quantitative estimate of drug-likeness (QED) is 0.737. The van der Waals surface area contributed by atoms with E-state index in [1.165, 1.54) is 0 Å². The van der Waals surface area contributed by atoms with Gasteiger partial charge in [0.15, 0.2) is 23.1 Å². The maximum absolute atomic E-state index is 12.0. The van der Waals surface area contributed by atoms with Gasteiger partial charge in [-0.2, -0.15) is 0 Å². The number of amides is 1. The summed E-state index contributed by atoms with van der Waals surface area (Å²) >= 11 is 0. The van der Waals surface area contributed by atoms with E-state index in [4.69, 9.17) is 9.47 Å². The molecule has 0 atom stereocenters. The Hall–Kier alpha value is -3.61. The van der Waals surface area contributed by atoms with E-state index in [9.17, 15) is 4.79 Å². The Morgan fingerprint density at radius 1 is 0.923 bits per heavy atom. The van der Waals surface area contributed by atoms with E-state index in [1.54, 1.807) is 12.1 Å². The first-order valence-electron chi connectivity index (χ1n) is 8.10. The first-order chi connectivity index (χ1) is 12.8. The lowest BCUT2D eigenvalue weighted by molar-refractivity contribution is -0.115. The Labute approximate surface area is 150 Å². The van der Waals surface area contributed by atoms with E-state index in [-0.39, 0.29) is 12.7 Å². The molecule has 0 unspecified atom stereocenters. The van der Waals surface area contributed by atoms with Crippen LogP contribution in [0.1, 0.15) is 5.56 Å². The van der Waals surface area contributed by atoms with E-state index in [2.05, 4.69) is 20.8 Å². The third-order valence-corrected chi connectivity index (χ3v) is 3.78. The Bertz CT molecular complexity index is 914. The third-order valence-electron chi connectivity index (χ3n) is 3.78. The molecule has 0 aliphatic carbocycles. The number of hydrogen-bond donors (Lipinski definition) is 2. The zero-order valence-electron chi connectivity index (χ0n) is 13.8. The van der Waals surface area contributed by atoms with Gasteiger partial charge in [0.2, 0.25) is 12.7 Å². The van der Waals surface area contributed by atoms with Crippen molar-refractivity contribution in [2.45, 2.75) is 6.42 Å². The van der Waals surface area contributed by atoms with Crippen LogP contribution in [-0.2, 0) is 11.2 Å². The van der Waals surface area contributed by atoms with Crippen LogP contribution in [-0.4, -0.2) is 22.9 Å². The van der Waals surface area contributed by atoms with Gasteiger partial charge in [-0.15, -0.1) is 10.2 Å². The van der Waals surface area contributed by atoms with Crippen LogP contribution >= 0.6 is 0 Å². The number of hydrogen-bond acceptors (Lipinski definition) is 6. The average Bonchev–Trinajstić information content (AvgIpc) is 3.12. The van der Waals surface area contributed by atoms with Gasteiger partial charge in [0.05, 0.1) is 6.42 Å². The fourth-order valence-electron chi connectivity index (χ4n) is 2.56. The lowest BCUT2D eigenvalue weighted by Gasteiger charge is -2.07. The number of nitrogens with one attached hydrogen (secondary N) is 2. The highest BCUT2D eigenvalue weighted by atomic mass is 16.7. The second-order valence-corrected chi connectivity index (χ2v) is 5.71. The first kappa shape index (κ1) is 15.9. The van der Waals surface area contributed by atoms with E-state index >= 15 is 0 Å². The van der Waals surface area contributed by atoms with Crippen molar-refractivity contribution in [2.24, 2.45) is 0 Å². The van der Waals surface area contributed by atoms with Crippen molar-refractivity contribution in [3.05, 3.63) is 66.2 Å². The molecule has 0 bridgehead atoms. The van der Waals surface area contributed by atoms with Crippen LogP contribution in [0.25, 0.3) is 0 Å². The van der Waals surface area contributed by atoms with Crippen molar-refractivity contribution in [3.63, 3.8) is 0 Å². The number of ether oxygens (including phenoxy) is 2. The summed E-state index contributed by atoms with van der Waals surface area (Å²) in [5, 5.41) is 14.0. The molecular formula is C19H16N4O3. The smallest absolute Gasteiger partial charge is 0.231 e. The Kier molecular flexibility index (Phi) is 4.34. The third kappa shape index (κ3) is 3.72. The van der Waals surface area contributed by atoms with Gasteiger partial charge >= 0.3 is 0 Å². The van der Waals surface area contributed by atoms with Crippen LogP contribution in [0.15, 0.2) is 60.7 Å². The van der Waals surface area contributed by atoms with Crippen LogP contribution in [0.2, 0.25) is 0 Å². The first-order valence-corrected chi connectivity index (χ1v) is 8.10. The zero-order chi connectivity index (χ0) is 17.8. The van der Waals surface area contributed by atoms with Crippen molar-refractivity contribution in [1.82, 2.24) is 10.2 Å². The summed E-state index contributed by atoms with van der Waals surface area (Å²) in [6, 6.07) is 18.5. The molecule has 3 aromatic rings. The second kappa shape index (κ2) is 7.10. The number of benzene rings is 2. The van der Waals surface area contributed by atoms with Crippen LogP contribution in [0, 0.1) is 0 Å². The highest BCUT2D eigenvalue weighted by Gasteiger charge is 2.13. The molecule has 0 saturated heterocycles. The second-order valence-electron chi connectivity index (χ2n) is 5.71. The Balaban J connectivity index is 1.36. The lowest BCUT2D eigenvalue weighted by Crippen LogP contribution is -2.15. The largest absolute Gasteiger partial charge is 0.454 e. The summed E-state index contributed by atoms with van der Waals surface area (Å²) in [4.78, 5) is 12.0. The number of fused-ring (bicyclic) bond motifs is 1. The monoisotopic (exact) mass is 348 g/mol. The number of aromatic nitrogens is 2. The molecule has 0 fully saturated rings. The molecule has 1 aliphatic heterocycles. The summed E-state index contributed by atoms with van der Waals surface area (Å²) in [5.74, 6) is 2.24. The molecule has 1 aliphatic rings. The van der Waals surface area contributed by atoms with Gasteiger partial charge in [0.25, 0.3) is 0 Å². The van der Waals surface area contributed by atoms with Crippen molar-refractivity contribution in [3.8, 4) is 11.5 Å². The molecule has 0 saturated carbocycles. The molecule has 7 heteroatoms. The summed E-state index contributed by atoms with van der Waals surface area (Å²) in [6.45, 7) is 0.232. The minimum Gasteiger partial charge on any atom is -0.454 e. The maximum atomic E-state index is 12.0. The van der Waals surface area contributed by atoms with Gasteiger partial charge < -0.3 is 20.1 Å². The van der Waals surface area contributed by atoms with E-state index in [0.717, 1.165) is 17.0 Å². The number of nitrogens with zero attached hydrogens (tertiary/aromatic N) is 2. The van der Waals surface area contributed by atoms with Gasteiger partial charge in [-0.1, -0.05) is 30.3 Å². The molecule has 1 aromatic heterocycles. The number of anilines is 3. The van der Waals surface area contributed by atoms with Gasteiger partial charge in [0.1, 0.15) is 0 Å². The predicted molar refractivity (Wildman–Crippen MR) is 96.7 cm³/mol. The van der Waals surface area contributed by atoms with E-state index in [1.807, 2.05) is 48.5 Å². The molecule has 0 radical (unpaired) electrons. The average molecular weight is 348 g/mol. The minimum atomic E-state index is -0.137. The number of rotatable bonds is 5. The summed E-state index contributed by atoms with van der Waals surface area (Å²) in [7, 11) is 0. The van der Waals surface area contributed by atoms with Gasteiger partial charge in [-0.25, -0.2) is 0 Å². The van der Waals surface area contributed by atoms with Crippen LogP contribution in [0.5, 0.6) is 11.5 Å². The molecule has 2 aromatic carbocycles. The summed E-state index contributed by atoms with van der Waals surface area (Å²) < 4.78 is 10.6. The standard InChI is InChI=1S/C19H16N4O3/c24-19(10-13-4-2-1-3-5-13)21-18-9-8-17(22-23-18)20-14-6-7-15-16(11-14)26-12-25-15/h1-9,11H,10,12H2,(H,20,22)(H,21,23,24). The number of carbonyl (C=O) groups is 1. The summed E-state index contributed by atoms with van der Waals surface area (Å²) in [5.41, 5.74) is 1.75. The molecule has 0 spiro atoms. The molecule has 2 N–H and O–H groups in total. The van der Waals surface area contributed by atoms with Crippen LogP contribution in [0.3, 0.4) is 0 Å². The molecule has 4 rings (SSSR count). The normalized spacial score (nSPS) is 11.8. The molecule has 7 nitrogen and oxygen atoms in total.